The topological polar surface area (TPSA) is 371 Å². The van der Waals surface area contributed by atoms with Crippen molar-refractivity contribution in [2.75, 3.05) is 140 Å². The van der Waals surface area contributed by atoms with Gasteiger partial charge in [0, 0.05) is 98.4 Å². The Bertz CT molecular complexity index is 2730. The maximum Gasteiger partial charge on any atom is 0.306 e. The Balaban J connectivity index is 0.000000810. The van der Waals surface area contributed by atoms with Gasteiger partial charge in [-0.25, -0.2) is 0 Å². The summed E-state index contributed by atoms with van der Waals surface area (Å²) in [5.41, 5.74) is 2.77. The molecule has 0 saturated carbocycles. The van der Waals surface area contributed by atoms with Gasteiger partial charge in [0.2, 0.25) is 0 Å². The Hall–Kier alpha value is -8.94. The fourth-order valence-electron chi connectivity index (χ4n) is 8.62. The van der Waals surface area contributed by atoms with Gasteiger partial charge in [0.05, 0.1) is 59.5 Å². The van der Waals surface area contributed by atoms with Gasteiger partial charge in [0.25, 0.3) is 0 Å². The number of methoxy groups -OCH3 is 3. The SMILES string of the molecule is COCCOCCOC(=O)CCCCC(=O)OCCOC(=O)CCCCC(=O)OCCOCCOC.COCCOCCOC(=O)CCCCC(=O)OCCOC(=O)CCCCC(=O)OCc1ccccc1.O=C(CCCCC(=O)OCc1ccccc1)OCCOC(=O)CCCCC(=O)OCc1ccccc1. The van der Waals surface area contributed by atoms with Crippen LogP contribution in [0.5, 0.6) is 0 Å². The Kier molecular flexibility index (Phi) is 63.8. The van der Waals surface area contributed by atoms with Crippen molar-refractivity contribution in [3.8, 4) is 0 Å². The van der Waals surface area contributed by atoms with Crippen molar-refractivity contribution >= 4 is 71.6 Å². The molecule has 30 nitrogen and oxygen atoms in total. The fourth-order valence-corrected chi connectivity index (χ4v) is 8.62. The molecule has 0 aliphatic carbocycles. The second kappa shape index (κ2) is 71.0. The molecule has 3 aromatic carbocycles. The van der Waals surface area contributed by atoms with Crippen molar-refractivity contribution in [2.45, 2.75) is 174 Å². The first-order chi connectivity index (χ1) is 52.5. The molecule has 108 heavy (non-hydrogen) atoms. The molecule has 0 radical (unpaired) electrons. The fraction of sp³-hybridized carbons (Fsp3) is 0.615. The van der Waals surface area contributed by atoms with E-state index >= 15 is 0 Å². The van der Waals surface area contributed by atoms with Gasteiger partial charge in [0.15, 0.2) is 0 Å². The van der Waals surface area contributed by atoms with E-state index in [1.807, 2.05) is 91.0 Å². The Morgan fingerprint density at radius 1 is 0.185 bits per heavy atom. The Morgan fingerprint density at radius 2 is 0.324 bits per heavy atom. The minimum Gasteiger partial charge on any atom is -0.463 e. The number of benzene rings is 3. The molecule has 0 heterocycles. The average molecular weight is 1530 g/mol. The molecule has 0 bridgehead atoms. The second-order valence-corrected chi connectivity index (χ2v) is 23.5. The lowest BCUT2D eigenvalue weighted by atomic mass is 10.2. The van der Waals surface area contributed by atoms with Crippen molar-refractivity contribution in [2.24, 2.45) is 0 Å². The standard InChI is InChI=1S/C28H34O8.C26H38O10.C24H42O12/c29-25(15-7-9-17-27(31)35-21-23-11-3-1-4-12-23)33-19-20-34-26(30)16-8-10-18-28(32)36-22-24-13-5-2-6-14-24;1-31-15-16-32-17-18-33-23(27)11-5-6-12-24(28)34-19-20-35-25(29)13-7-8-14-26(30)36-21-22-9-3-2-4-10-22;1-29-11-13-31-15-17-33-21(25)7-3-5-9-23(27)35-19-20-36-24(28)10-6-4-8-22(26)34-18-16-32-14-12-30-2/h1-6,11-14H,7-10,15-22H2;2-4,9-10H,5-8,11-21H2,1H3;3-20H2,1-2H3. The van der Waals surface area contributed by atoms with Crippen LogP contribution in [-0.2, 0) is 163 Å². The minimum atomic E-state index is -0.423. The highest BCUT2D eigenvalue weighted by atomic mass is 16.6. The van der Waals surface area contributed by atoms with Gasteiger partial charge in [-0.05, 0) is 93.7 Å². The van der Waals surface area contributed by atoms with E-state index in [4.69, 9.17) is 85.3 Å². The van der Waals surface area contributed by atoms with Crippen molar-refractivity contribution in [1.29, 1.82) is 0 Å². The summed E-state index contributed by atoms with van der Waals surface area (Å²) < 4.78 is 90.7. The van der Waals surface area contributed by atoms with E-state index in [1.165, 1.54) is 0 Å². The van der Waals surface area contributed by atoms with E-state index in [9.17, 15) is 57.5 Å². The van der Waals surface area contributed by atoms with Crippen molar-refractivity contribution in [3.63, 3.8) is 0 Å². The largest absolute Gasteiger partial charge is 0.463 e. The van der Waals surface area contributed by atoms with Crippen molar-refractivity contribution in [3.05, 3.63) is 108 Å². The van der Waals surface area contributed by atoms with Crippen LogP contribution in [0.2, 0.25) is 0 Å². The molecule has 0 atom stereocenters. The monoisotopic (exact) mass is 1530 g/mol. The van der Waals surface area contributed by atoms with Crippen LogP contribution in [0.3, 0.4) is 0 Å². The number of carbonyl (C=O) groups excluding carboxylic acids is 12. The third kappa shape index (κ3) is 65.4. The maximum absolute atomic E-state index is 11.7. The number of hydrogen-bond acceptors (Lipinski definition) is 30. The number of ether oxygens (including phenoxy) is 18. The summed E-state index contributed by atoms with van der Waals surface area (Å²) >= 11 is 0. The molecule has 0 unspecified atom stereocenters. The van der Waals surface area contributed by atoms with Crippen molar-refractivity contribution in [1.82, 2.24) is 0 Å². The lowest BCUT2D eigenvalue weighted by molar-refractivity contribution is -0.152. The highest BCUT2D eigenvalue weighted by Gasteiger charge is 2.14. The number of hydrogen-bond donors (Lipinski definition) is 0. The van der Waals surface area contributed by atoms with E-state index in [2.05, 4.69) is 0 Å². The first kappa shape index (κ1) is 97.1. The van der Waals surface area contributed by atoms with Crippen molar-refractivity contribution < 1.29 is 143 Å². The van der Waals surface area contributed by atoms with Crippen LogP contribution in [0.4, 0.5) is 0 Å². The summed E-state index contributed by atoms with van der Waals surface area (Å²) in [6.45, 7) is 4.84. The lowest BCUT2D eigenvalue weighted by Crippen LogP contribution is -2.14. The van der Waals surface area contributed by atoms with Gasteiger partial charge >= 0.3 is 71.6 Å². The maximum atomic E-state index is 11.7. The average Bonchev–Trinajstić information content (AvgIpc) is 0.989. The van der Waals surface area contributed by atoms with Crippen LogP contribution >= 0.6 is 0 Å². The van der Waals surface area contributed by atoms with Crippen LogP contribution in [0, 0.1) is 0 Å². The highest BCUT2D eigenvalue weighted by molar-refractivity contribution is 5.74. The molecule has 606 valence electrons. The van der Waals surface area contributed by atoms with Gasteiger partial charge in [-0.15, -0.1) is 0 Å². The highest BCUT2D eigenvalue weighted by Crippen LogP contribution is 2.12. The molecule has 0 N–H and O–H groups in total. The molecular formula is C78H114O30. The molecule has 3 aromatic rings. The zero-order chi connectivity index (χ0) is 78.8. The molecule has 3 rings (SSSR count). The van der Waals surface area contributed by atoms with E-state index in [0.717, 1.165) is 16.7 Å². The summed E-state index contributed by atoms with van der Waals surface area (Å²) in [5, 5.41) is 0. The van der Waals surface area contributed by atoms with E-state index < -0.39 is 35.8 Å². The molecule has 0 spiro atoms. The van der Waals surface area contributed by atoms with Gasteiger partial charge in [-0.3, -0.25) is 57.5 Å². The predicted octanol–water partition coefficient (Wildman–Crippen LogP) is 9.43. The van der Waals surface area contributed by atoms with Gasteiger partial charge in [-0.2, -0.15) is 0 Å². The summed E-state index contributed by atoms with van der Waals surface area (Å²) in [4.78, 5) is 140. The normalized spacial score (nSPS) is 10.5. The molecule has 0 aliphatic rings. The number of esters is 12. The zero-order valence-electron chi connectivity index (χ0n) is 63.2. The van der Waals surface area contributed by atoms with E-state index in [1.54, 1.807) is 21.3 Å². The summed E-state index contributed by atoms with van der Waals surface area (Å²) in [5.74, 6) is -4.42. The lowest BCUT2D eigenvalue weighted by Gasteiger charge is -2.07. The van der Waals surface area contributed by atoms with Gasteiger partial charge in [0.1, 0.15) is 79.3 Å². The summed E-state index contributed by atoms with van der Waals surface area (Å²) in [6, 6.07) is 28.2. The predicted molar refractivity (Wildman–Crippen MR) is 386 cm³/mol. The third-order valence-corrected chi connectivity index (χ3v) is 14.4. The van der Waals surface area contributed by atoms with Crippen LogP contribution in [0.15, 0.2) is 91.0 Å². The first-order valence-corrected chi connectivity index (χ1v) is 36.7. The molecule has 0 fully saturated rings. The van der Waals surface area contributed by atoms with Gasteiger partial charge < -0.3 is 85.3 Å². The smallest absolute Gasteiger partial charge is 0.306 e. The number of rotatable bonds is 63. The molecule has 0 amide bonds. The van der Waals surface area contributed by atoms with Crippen LogP contribution in [0.1, 0.15) is 171 Å². The van der Waals surface area contributed by atoms with Crippen LogP contribution in [-0.4, -0.2) is 212 Å². The second-order valence-electron chi connectivity index (χ2n) is 23.5. The van der Waals surface area contributed by atoms with Crippen LogP contribution in [0.25, 0.3) is 0 Å². The number of unbranched alkanes of at least 4 members (excludes halogenated alkanes) is 6. The van der Waals surface area contributed by atoms with Crippen LogP contribution < -0.4 is 0 Å². The Morgan fingerprint density at radius 3 is 0.481 bits per heavy atom. The minimum absolute atomic E-state index is 0.0184. The molecule has 30 heteroatoms. The quantitative estimate of drug-likeness (QED) is 0.0288. The van der Waals surface area contributed by atoms with E-state index in [-0.39, 0.29) is 192 Å². The zero-order valence-corrected chi connectivity index (χ0v) is 63.2. The number of carbonyl (C=O) groups is 12. The molecular weight excluding hydrogens is 1420 g/mol. The third-order valence-electron chi connectivity index (χ3n) is 14.4. The summed E-state index contributed by atoms with van der Waals surface area (Å²) in [7, 11) is 4.73. The van der Waals surface area contributed by atoms with E-state index in [0.29, 0.717) is 137 Å². The van der Waals surface area contributed by atoms with Gasteiger partial charge in [-0.1, -0.05) is 91.0 Å². The molecule has 0 aromatic heterocycles. The first-order valence-electron chi connectivity index (χ1n) is 36.7. The summed E-state index contributed by atoms with van der Waals surface area (Å²) in [6.07, 6.45) is 8.45. The Labute approximate surface area is 633 Å². The molecule has 0 aliphatic heterocycles. The molecule has 0 saturated heterocycles.